The van der Waals surface area contributed by atoms with Gasteiger partial charge in [0.05, 0.1) is 16.3 Å². The SMILES string of the molecule is SC1(c2ccsc2C2(S)N=CN(c3ccccc3)N2)N=CN(c2ccccc2)N1. The summed E-state index contributed by atoms with van der Waals surface area (Å²) in [4.78, 5) is 8.38. The minimum absolute atomic E-state index is 0.898. The van der Waals surface area contributed by atoms with Gasteiger partial charge >= 0.3 is 0 Å². The van der Waals surface area contributed by atoms with Gasteiger partial charge in [-0.15, -0.1) is 36.6 Å². The minimum atomic E-state index is -0.918. The van der Waals surface area contributed by atoms with E-state index in [4.69, 9.17) is 25.3 Å². The number of hydrogen-bond donors (Lipinski definition) is 4. The van der Waals surface area contributed by atoms with E-state index >= 15 is 0 Å². The van der Waals surface area contributed by atoms with E-state index in [0.29, 0.717) is 0 Å². The van der Waals surface area contributed by atoms with Crippen molar-refractivity contribution in [3.63, 3.8) is 0 Å². The Balaban J connectivity index is 1.42. The van der Waals surface area contributed by atoms with Crippen molar-refractivity contribution in [3.8, 4) is 0 Å². The number of rotatable bonds is 4. The van der Waals surface area contributed by atoms with E-state index in [1.807, 2.05) is 82.1 Å². The molecule has 29 heavy (non-hydrogen) atoms. The third-order valence-corrected chi connectivity index (χ3v) is 6.77. The number of hydrogen-bond acceptors (Lipinski definition) is 9. The Morgan fingerprint density at radius 2 is 1.24 bits per heavy atom. The van der Waals surface area contributed by atoms with Crippen LogP contribution in [0.3, 0.4) is 0 Å². The van der Waals surface area contributed by atoms with E-state index < -0.39 is 9.99 Å². The van der Waals surface area contributed by atoms with E-state index in [1.54, 1.807) is 24.0 Å². The van der Waals surface area contributed by atoms with Gasteiger partial charge < -0.3 is 0 Å². The molecule has 2 N–H and O–H groups in total. The maximum Gasteiger partial charge on any atom is 0.209 e. The molecular weight excluding hydrogens is 420 g/mol. The summed E-state index contributed by atoms with van der Waals surface area (Å²) in [5.74, 6) is 0. The number of thiophene rings is 1. The second kappa shape index (κ2) is 7.19. The van der Waals surface area contributed by atoms with Crippen molar-refractivity contribution in [2.24, 2.45) is 9.98 Å². The van der Waals surface area contributed by atoms with Crippen LogP contribution in [0, 0.1) is 0 Å². The summed E-state index contributed by atoms with van der Waals surface area (Å²) in [6.45, 7) is 0. The van der Waals surface area contributed by atoms with Gasteiger partial charge in [-0.05, 0) is 35.7 Å². The Hall–Kier alpha value is -2.30. The molecule has 0 aliphatic carbocycles. The average Bonchev–Trinajstić information content (AvgIpc) is 3.49. The van der Waals surface area contributed by atoms with Crippen LogP contribution < -0.4 is 20.9 Å². The molecular formula is C20H18N6S3. The lowest BCUT2D eigenvalue weighted by Gasteiger charge is -2.29. The standard InChI is InChI=1S/C20H18N6S3/c27-19(21-13-25(23-19)15-7-3-1-4-8-15)17-11-12-29-18(17)20(28)22-14-26(24-20)16-9-5-2-6-10-16/h1-14,23-24,27-28H. The summed E-state index contributed by atoms with van der Waals surface area (Å²) in [5.41, 5.74) is 9.60. The molecule has 0 bridgehead atoms. The molecule has 9 heteroatoms. The summed E-state index contributed by atoms with van der Waals surface area (Å²) < 4.78 is 0. The van der Waals surface area contributed by atoms with E-state index in [-0.39, 0.29) is 0 Å². The molecule has 0 radical (unpaired) electrons. The number of hydrazine groups is 2. The van der Waals surface area contributed by atoms with E-state index in [9.17, 15) is 0 Å². The minimum Gasteiger partial charge on any atom is -0.263 e. The van der Waals surface area contributed by atoms with Crippen LogP contribution in [-0.4, -0.2) is 12.7 Å². The maximum atomic E-state index is 4.87. The number of aliphatic imine (C=N–C) groups is 2. The van der Waals surface area contributed by atoms with Gasteiger partial charge in [0.25, 0.3) is 0 Å². The van der Waals surface area contributed by atoms with Crippen LogP contribution >= 0.6 is 36.6 Å². The molecule has 5 rings (SSSR count). The first kappa shape index (κ1) is 18.7. The summed E-state index contributed by atoms with van der Waals surface area (Å²) in [5, 5.41) is 5.73. The second-order valence-corrected chi connectivity index (χ2v) is 8.84. The first-order valence-corrected chi connectivity index (χ1v) is 10.7. The topological polar surface area (TPSA) is 55.3 Å². The van der Waals surface area contributed by atoms with E-state index in [0.717, 1.165) is 21.8 Å². The van der Waals surface area contributed by atoms with Crippen molar-refractivity contribution >= 4 is 60.6 Å². The van der Waals surface area contributed by atoms with Gasteiger partial charge in [0.1, 0.15) is 12.7 Å². The summed E-state index contributed by atoms with van der Waals surface area (Å²) in [6, 6.07) is 21.9. The van der Waals surface area contributed by atoms with Crippen LogP contribution in [0.1, 0.15) is 10.4 Å². The molecule has 0 saturated carbocycles. The van der Waals surface area contributed by atoms with Gasteiger partial charge in [-0.3, -0.25) is 10.0 Å². The second-order valence-electron chi connectivity index (χ2n) is 6.63. The molecule has 1 aromatic heterocycles. The zero-order valence-corrected chi connectivity index (χ0v) is 17.8. The number of benzene rings is 2. The molecule has 6 nitrogen and oxygen atoms in total. The quantitative estimate of drug-likeness (QED) is 0.466. The Morgan fingerprint density at radius 1 is 0.724 bits per heavy atom. The predicted molar refractivity (Wildman–Crippen MR) is 127 cm³/mol. The lowest BCUT2D eigenvalue weighted by atomic mass is 10.1. The van der Waals surface area contributed by atoms with Crippen LogP contribution in [0.5, 0.6) is 0 Å². The molecule has 2 unspecified atom stereocenters. The monoisotopic (exact) mass is 438 g/mol. The zero-order valence-electron chi connectivity index (χ0n) is 15.2. The maximum absolute atomic E-state index is 4.87. The molecule has 0 spiro atoms. The highest BCUT2D eigenvalue weighted by molar-refractivity contribution is 7.81. The number of anilines is 2. The van der Waals surface area contributed by atoms with Crippen LogP contribution in [0.25, 0.3) is 0 Å². The Bertz CT molecular complexity index is 986. The van der Waals surface area contributed by atoms with Crippen molar-refractivity contribution in [1.82, 2.24) is 10.9 Å². The van der Waals surface area contributed by atoms with Gasteiger partial charge in [-0.25, -0.2) is 9.98 Å². The Kier molecular flexibility index (Phi) is 4.64. The third kappa shape index (κ3) is 3.34. The number of nitrogens with one attached hydrogen (secondary N) is 2. The van der Waals surface area contributed by atoms with Crippen molar-refractivity contribution < 1.29 is 0 Å². The molecule has 0 saturated heterocycles. The summed E-state index contributed by atoms with van der Waals surface area (Å²) in [6.07, 6.45) is 3.50. The highest BCUT2D eigenvalue weighted by atomic mass is 32.1. The molecule has 0 fully saturated rings. The van der Waals surface area contributed by atoms with Crippen LogP contribution in [0.4, 0.5) is 11.4 Å². The summed E-state index contributed by atoms with van der Waals surface area (Å²) >= 11 is 11.3. The van der Waals surface area contributed by atoms with Gasteiger partial charge in [0.2, 0.25) is 9.99 Å². The molecule has 2 aliphatic rings. The van der Waals surface area contributed by atoms with Crippen LogP contribution in [0.2, 0.25) is 0 Å². The number of thiol groups is 2. The first-order chi connectivity index (χ1) is 14.1. The van der Waals surface area contributed by atoms with Crippen molar-refractivity contribution in [2.45, 2.75) is 9.99 Å². The molecule has 2 atom stereocenters. The van der Waals surface area contributed by atoms with Gasteiger partial charge in [0, 0.05) is 5.56 Å². The molecule has 146 valence electrons. The van der Waals surface area contributed by atoms with Crippen molar-refractivity contribution in [1.29, 1.82) is 0 Å². The van der Waals surface area contributed by atoms with Gasteiger partial charge in [0.15, 0.2) is 0 Å². The molecule has 2 aromatic carbocycles. The smallest absolute Gasteiger partial charge is 0.209 e. The first-order valence-electron chi connectivity index (χ1n) is 8.95. The number of nitrogens with zero attached hydrogens (tertiary/aromatic N) is 4. The highest BCUT2D eigenvalue weighted by Gasteiger charge is 2.43. The average molecular weight is 439 g/mol. The largest absolute Gasteiger partial charge is 0.263 e. The van der Waals surface area contributed by atoms with Crippen molar-refractivity contribution in [3.05, 3.63) is 82.6 Å². The lowest BCUT2D eigenvalue weighted by molar-refractivity contribution is 0.527. The van der Waals surface area contributed by atoms with Gasteiger partial charge in [-0.1, -0.05) is 36.4 Å². The van der Waals surface area contributed by atoms with Crippen molar-refractivity contribution in [2.75, 3.05) is 10.0 Å². The molecule has 3 heterocycles. The molecule has 2 aliphatic heterocycles. The Morgan fingerprint density at radius 3 is 1.83 bits per heavy atom. The molecule has 0 amide bonds. The van der Waals surface area contributed by atoms with Crippen LogP contribution in [-0.2, 0) is 9.99 Å². The number of para-hydroxylation sites is 2. The Labute approximate surface area is 183 Å². The lowest BCUT2D eigenvalue weighted by Crippen LogP contribution is -2.45. The normalized spacial score (nSPS) is 25.9. The zero-order chi connectivity index (χ0) is 19.9. The van der Waals surface area contributed by atoms with Gasteiger partial charge in [-0.2, -0.15) is 10.9 Å². The molecule has 3 aromatic rings. The third-order valence-electron chi connectivity index (χ3n) is 4.70. The predicted octanol–water partition coefficient (Wildman–Crippen LogP) is 3.93. The summed E-state index contributed by atoms with van der Waals surface area (Å²) in [7, 11) is 0. The fourth-order valence-corrected chi connectivity index (χ4v) is 5.07. The van der Waals surface area contributed by atoms with Crippen LogP contribution in [0.15, 0.2) is 82.1 Å². The fraction of sp³-hybridized carbons (Fsp3) is 0.100. The van der Waals surface area contributed by atoms with E-state index in [1.165, 1.54) is 0 Å². The highest BCUT2D eigenvalue weighted by Crippen LogP contribution is 2.44. The van der Waals surface area contributed by atoms with E-state index in [2.05, 4.69) is 20.8 Å². The fourth-order valence-electron chi connectivity index (χ4n) is 3.27.